The highest BCUT2D eigenvalue weighted by molar-refractivity contribution is 5.88. The van der Waals surface area contributed by atoms with Crippen molar-refractivity contribution < 1.29 is 9.53 Å². The summed E-state index contributed by atoms with van der Waals surface area (Å²) in [5.41, 5.74) is 6.21. The van der Waals surface area contributed by atoms with Crippen LogP contribution in [0.1, 0.15) is 18.9 Å². The fourth-order valence-electron chi connectivity index (χ4n) is 2.17. The molecule has 0 aliphatic carbocycles. The SMILES string of the molecule is CCCNCc1c(OCC(N)=O)ccc2ccccc12.Cl. The Kier molecular flexibility index (Phi) is 6.99. The Balaban J connectivity index is 0.00000220. The van der Waals surface area contributed by atoms with Crippen molar-refractivity contribution in [1.82, 2.24) is 5.32 Å². The van der Waals surface area contributed by atoms with Crippen LogP contribution in [0.15, 0.2) is 36.4 Å². The van der Waals surface area contributed by atoms with Gasteiger partial charge in [0.2, 0.25) is 0 Å². The normalized spacial score (nSPS) is 10.1. The molecule has 0 radical (unpaired) electrons. The van der Waals surface area contributed by atoms with Gasteiger partial charge in [-0.15, -0.1) is 12.4 Å². The van der Waals surface area contributed by atoms with E-state index in [2.05, 4.69) is 24.4 Å². The Morgan fingerprint density at radius 2 is 2.00 bits per heavy atom. The quantitative estimate of drug-likeness (QED) is 0.773. The minimum Gasteiger partial charge on any atom is -0.483 e. The van der Waals surface area contributed by atoms with E-state index in [0.29, 0.717) is 12.3 Å². The number of benzene rings is 2. The monoisotopic (exact) mass is 308 g/mol. The number of carbonyl (C=O) groups is 1. The second-order valence-electron chi connectivity index (χ2n) is 4.70. The number of nitrogens with one attached hydrogen (secondary N) is 1. The number of fused-ring (bicyclic) bond motifs is 1. The first-order valence-electron chi connectivity index (χ1n) is 6.84. The summed E-state index contributed by atoms with van der Waals surface area (Å²) in [7, 11) is 0. The average molecular weight is 309 g/mol. The van der Waals surface area contributed by atoms with Gasteiger partial charge in [0.1, 0.15) is 5.75 Å². The predicted octanol–water partition coefficient (Wildman–Crippen LogP) is 2.63. The van der Waals surface area contributed by atoms with Gasteiger partial charge < -0.3 is 15.8 Å². The van der Waals surface area contributed by atoms with Crippen LogP contribution in [-0.2, 0) is 11.3 Å². The van der Waals surface area contributed by atoms with Gasteiger partial charge in [0, 0.05) is 12.1 Å². The number of carbonyl (C=O) groups excluding carboxylic acids is 1. The van der Waals surface area contributed by atoms with Crippen molar-refractivity contribution in [3.05, 3.63) is 42.0 Å². The van der Waals surface area contributed by atoms with Gasteiger partial charge >= 0.3 is 0 Å². The van der Waals surface area contributed by atoms with Gasteiger partial charge in [-0.05, 0) is 29.8 Å². The zero-order valence-electron chi connectivity index (χ0n) is 12.1. The van der Waals surface area contributed by atoms with Crippen LogP contribution in [0.3, 0.4) is 0 Å². The molecular formula is C16H21ClN2O2. The number of rotatable bonds is 7. The van der Waals surface area contributed by atoms with Crippen molar-refractivity contribution in [3.8, 4) is 5.75 Å². The van der Waals surface area contributed by atoms with Crippen LogP contribution in [0, 0.1) is 0 Å². The number of primary amides is 1. The lowest BCUT2D eigenvalue weighted by Crippen LogP contribution is -2.21. The van der Waals surface area contributed by atoms with E-state index in [4.69, 9.17) is 10.5 Å². The predicted molar refractivity (Wildman–Crippen MR) is 87.9 cm³/mol. The van der Waals surface area contributed by atoms with E-state index in [0.717, 1.165) is 29.3 Å². The lowest BCUT2D eigenvalue weighted by Gasteiger charge is -2.14. The Hall–Kier alpha value is -1.78. The van der Waals surface area contributed by atoms with E-state index in [-0.39, 0.29) is 19.0 Å². The second-order valence-corrected chi connectivity index (χ2v) is 4.70. The second kappa shape index (κ2) is 8.49. The van der Waals surface area contributed by atoms with Gasteiger partial charge in [0.15, 0.2) is 6.61 Å². The highest BCUT2D eigenvalue weighted by Crippen LogP contribution is 2.28. The van der Waals surface area contributed by atoms with E-state index in [1.54, 1.807) is 0 Å². The van der Waals surface area contributed by atoms with Crippen molar-refractivity contribution >= 4 is 29.1 Å². The summed E-state index contributed by atoms with van der Waals surface area (Å²) in [5.74, 6) is 0.247. The summed E-state index contributed by atoms with van der Waals surface area (Å²) in [5, 5.41) is 5.67. The first kappa shape index (κ1) is 17.3. The van der Waals surface area contributed by atoms with E-state index in [1.807, 2.05) is 24.3 Å². The van der Waals surface area contributed by atoms with Crippen molar-refractivity contribution in [1.29, 1.82) is 0 Å². The first-order valence-corrected chi connectivity index (χ1v) is 6.84. The molecule has 114 valence electrons. The van der Waals surface area contributed by atoms with Crippen LogP contribution < -0.4 is 15.8 Å². The number of hydrogen-bond donors (Lipinski definition) is 2. The summed E-state index contributed by atoms with van der Waals surface area (Å²) >= 11 is 0. The van der Waals surface area contributed by atoms with Crippen LogP contribution >= 0.6 is 12.4 Å². The minimum absolute atomic E-state index is 0. The molecule has 0 bridgehead atoms. The Morgan fingerprint density at radius 3 is 2.71 bits per heavy atom. The van der Waals surface area contributed by atoms with Crippen molar-refractivity contribution in [2.45, 2.75) is 19.9 Å². The zero-order chi connectivity index (χ0) is 14.4. The van der Waals surface area contributed by atoms with E-state index in [1.165, 1.54) is 0 Å². The topological polar surface area (TPSA) is 64.3 Å². The lowest BCUT2D eigenvalue weighted by molar-refractivity contribution is -0.119. The fraction of sp³-hybridized carbons (Fsp3) is 0.312. The van der Waals surface area contributed by atoms with Crippen molar-refractivity contribution in [3.63, 3.8) is 0 Å². The molecule has 2 rings (SSSR count). The molecule has 1 amide bonds. The Morgan fingerprint density at radius 1 is 1.24 bits per heavy atom. The molecule has 0 unspecified atom stereocenters. The number of halogens is 1. The molecule has 0 spiro atoms. The van der Waals surface area contributed by atoms with Crippen molar-refractivity contribution in [2.24, 2.45) is 5.73 Å². The number of ether oxygens (including phenoxy) is 1. The average Bonchev–Trinajstić information content (AvgIpc) is 2.46. The van der Waals surface area contributed by atoms with Crippen LogP contribution in [0.5, 0.6) is 5.75 Å². The molecule has 0 aromatic heterocycles. The molecule has 0 aliphatic rings. The van der Waals surface area contributed by atoms with E-state index in [9.17, 15) is 4.79 Å². The molecule has 3 N–H and O–H groups in total. The molecule has 0 saturated heterocycles. The van der Waals surface area contributed by atoms with Gasteiger partial charge in [0.05, 0.1) is 0 Å². The first-order chi connectivity index (χ1) is 9.72. The maximum atomic E-state index is 10.9. The Bertz CT molecular complexity index is 602. The number of hydrogen-bond acceptors (Lipinski definition) is 3. The fourth-order valence-corrected chi connectivity index (χ4v) is 2.17. The molecule has 5 heteroatoms. The molecule has 2 aromatic rings. The molecule has 0 saturated carbocycles. The molecular weight excluding hydrogens is 288 g/mol. The third-order valence-electron chi connectivity index (χ3n) is 3.10. The largest absolute Gasteiger partial charge is 0.483 e. The van der Waals surface area contributed by atoms with Gasteiger partial charge in [-0.25, -0.2) is 0 Å². The molecule has 4 nitrogen and oxygen atoms in total. The number of nitrogens with two attached hydrogens (primary N) is 1. The molecule has 21 heavy (non-hydrogen) atoms. The van der Waals surface area contributed by atoms with Crippen LogP contribution in [0.4, 0.5) is 0 Å². The highest BCUT2D eigenvalue weighted by atomic mass is 35.5. The molecule has 2 aromatic carbocycles. The maximum Gasteiger partial charge on any atom is 0.255 e. The minimum atomic E-state index is -0.467. The van der Waals surface area contributed by atoms with Crippen LogP contribution in [0.25, 0.3) is 10.8 Å². The Labute approximate surface area is 131 Å². The van der Waals surface area contributed by atoms with Gasteiger partial charge in [-0.3, -0.25) is 4.79 Å². The van der Waals surface area contributed by atoms with Gasteiger partial charge in [-0.1, -0.05) is 37.3 Å². The summed E-state index contributed by atoms with van der Waals surface area (Å²) < 4.78 is 5.52. The van der Waals surface area contributed by atoms with E-state index < -0.39 is 5.91 Å². The molecule has 0 heterocycles. The van der Waals surface area contributed by atoms with Crippen LogP contribution in [-0.4, -0.2) is 19.1 Å². The molecule has 0 fully saturated rings. The molecule has 0 aliphatic heterocycles. The third-order valence-corrected chi connectivity index (χ3v) is 3.10. The smallest absolute Gasteiger partial charge is 0.255 e. The maximum absolute atomic E-state index is 10.9. The highest BCUT2D eigenvalue weighted by Gasteiger charge is 2.09. The summed E-state index contributed by atoms with van der Waals surface area (Å²) in [4.78, 5) is 10.9. The van der Waals surface area contributed by atoms with Crippen molar-refractivity contribution in [2.75, 3.05) is 13.2 Å². The zero-order valence-corrected chi connectivity index (χ0v) is 12.9. The van der Waals surface area contributed by atoms with E-state index >= 15 is 0 Å². The van der Waals surface area contributed by atoms with Gasteiger partial charge in [-0.2, -0.15) is 0 Å². The summed E-state index contributed by atoms with van der Waals surface area (Å²) in [6.07, 6.45) is 1.07. The third kappa shape index (κ3) is 4.62. The summed E-state index contributed by atoms with van der Waals surface area (Å²) in [6, 6.07) is 12.0. The lowest BCUT2D eigenvalue weighted by atomic mass is 10.0. The van der Waals surface area contributed by atoms with Crippen LogP contribution in [0.2, 0.25) is 0 Å². The van der Waals surface area contributed by atoms with Gasteiger partial charge in [0.25, 0.3) is 5.91 Å². The molecule has 0 atom stereocenters. The summed E-state index contributed by atoms with van der Waals surface area (Å²) in [6.45, 7) is 3.68. The number of amides is 1. The standard InChI is InChI=1S/C16H20N2O2.ClH/c1-2-9-18-10-14-13-6-4-3-5-12(13)7-8-15(14)20-11-16(17)19;/h3-8,18H,2,9-11H2,1H3,(H2,17,19);1H.